The third-order valence-electron chi connectivity index (χ3n) is 18.3. The lowest BCUT2D eigenvalue weighted by Gasteiger charge is -2.20. The van der Waals surface area contributed by atoms with Crippen LogP contribution in [-0.2, 0) is 34.6 Å². The lowest BCUT2D eigenvalue weighted by molar-refractivity contribution is -0.660. The molecule has 0 radical (unpaired) electrons. The fourth-order valence-corrected chi connectivity index (χ4v) is 12.8. The molecule has 95 heavy (non-hydrogen) atoms. The third-order valence-corrected chi connectivity index (χ3v) is 18.3. The summed E-state index contributed by atoms with van der Waals surface area (Å²) in [7, 11) is 8.30. The highest BCUT2D eigenvalue weighted by Gasteiger charge is 2.23. The van der Waals surface area contributed by atoms with Gasteiger partial charge in [-0.15, -0.1) is 0 Å². The predicted octanol–water partition coefficient (Wildman–Crippen LogP) is 21.3. The summed E-state index contributed by atoms with van der Waals surface area (Å²) < 4.78 is 56.2. The summed E-state index contributed by atoms with van der Waals surface area (Å²) >= 11 is 0. The minimum atomic E-state index is -2.15. The van der Waals surface area contributed by atoms with E-state index >= 15 is 0 Å². The molecular weight excluding hydrogens is 1150 g/mol. The van der Waals surface area contributed by atoms with Gasteiger partial charge in [0.05, 0.1) is 0 Å². The molecule has 0 saturated heterocycles. The molecule has 12 rings (SSSR count). The molecule has 0 N–H and O–H groups in total. The van der Waals surface area contributed by atoms with Crippen LogP contribution in [0.4, 0.5) is 0 Å². The van der Waals surface area contributed by atoms with Crippen molar-refractivity contribution in [2.75, 3.05) is 0 Å². The number of rotatable bonds is 9. The summed E-state index contributed by atoms with van der Waals surface area (Å²) in [6.07, 6.45) is 9.61. The molecule has 4 aromatic heterocycles. The molecule has 4 heterocycles. The second-order valence-corrected chi connectivity index (χ2v) is 27.6. The van der Waals surface area contributed by atoms with Crippen molar-refractivity contribution in [3.63, 3.8) is 0 Å². The molecule has 0 spiro atoms. The van der Waals surface area contributed by atoms with Gasteiger partial charge in [-0.2, -0.15) is 0 Å². The summed E-state index contributed by atoms with van der Waals surface area (Å²) in [6.45, 7) is 28.3. The van der Waals surface area contributed by atoms with E-state index in [0.717, 1.165) is 62.3 Å². The van der Waals surface area contributed by atoms with Crippen LogP contribution in [-0.4, -0.2) is 0 Å². The molecule has 4 nitrogen and oxygen atoms in total. The Hall–Kier alpha value is -9.64. The molecule has 0 unspecified atom stereocenters. The Balaban J connectivity index is 0.000000157. The van der Waals surface area contributed by atoms with E-state index in [4.69, 9.17) is 8.22 Å². The highest BCUT2D eigenvalue weighted by molar-refractivity contribution is 5.79. The van der Waals surface area contributed by atoms with Gasteiger partial charge in [0, 0.05) is 78.0 Å². The smallest absolute Gasteiger partial charge is 0.201 e. The van der Waals surface area contributed by atoms with Gasteiger partial charge in [-0.1, -0.05) is 165 Å². The van der Waals surface area contributed by atoms with E-state index in [1.165, 1.54) is 106 Å². The topological polar surface area (TPSA) is 15.5 Å². The molecule has 0 aliphatic heterocycles. The normalized spacial score (nSPS) is 12.2. The molecule has 0 atom stereocenters. The minimum Gasteiger partial charge on any atom is -0.201 e. The van der Waals surface area contributed by atoms with E-state index in [-0.39, 0.29) is 5.41 Å². The van der Waals surface area contributed by atoms with Crippen molar-refractivity contribution in [1.82, 2.24) is 0 Å². The Bertz CT molecular complexity index is 4940. The van der Waals surface area contributed by atoms with Crippen molar-refractivity contribution < 1.29 is 26.5 Å². The number of pyridine rings is 4. The highest BCUT2D eigenvalue weighted by Crippen LogP contribution is 2.37. The van der Waals surface area contributed by atoms with Crippen molar-refractivity contribution >= 4 is 0 Å². The fourth-order valence-electron chi connectivity index (χ4n) is 12.8. The third kappa shape index (κ3) is 17.0. The van der Waals surface area contributed by atoms with Gasteiger partial charge in [-0.3, -0.25) is 0 Å². The van der Waals surface area contributed by atoms with E-state index in [2.05, 4.69) is 227 Å². The second kappa shape index (κ2) is 30.2. The van der Waals surface area contributed by atoms with Gasteiger partial charge in [0.15, 0.2) is 24.8 Å². The Morgan fingerprint density at radius 2 is 0.632 bits per heavy atom. The number of hydrogen-bond acceptors (Lipinski definition) is 0. The fraction of sp³-hybridized carbons (Fsp3) is 0.253. The van der Waals surface area contributed by atoms with Crippen LogP contribution in [0.3, 0.4) is 0 Å². The maximum atomic E-state index is 7.94. The van der Waals surface area contributed by atoms with Crippen LogP contribution in [0.5, 0.6) is 0 Å². The average Bonchev–Trinajstić information content (AvgIpc) is 0.795. The summed E-state index contributed by atoms with van der Waals surface area (Å²) in [6, 6.07) is 69.0. The monoisotopic (exact) mass is 1260 g/mol. The number of nitrogens with zero attached hydrogens (tertiary/aromatic N) is 4. The van der Waals surface area contributed by atoms with E-state index in [1.54, 1.807) is 6.07 Å². The second-order valence-electron chi connectivity index (χ2n) is 27.6. The molecule has 0 aliphatic rings. The first-order valence-corrected chi connectivity index (χ1v) is 33.2. The zero-order valence-electron chi connectivity index (χ0n) is 65.9. The number of aromatic nitrogens is 4. The van der Waals surface area contributed by atoms with Crippen molar-refractivity contribution in [2.24, 2.45) is 33.6 Å². The van der Waals surface area contributed by atoms with E-state index in [9.17, 15) is 0 Å². The zero-order valence-corrected chi connectivity index (χ0v) is 59.9. The highest BCUT2D eigenvalue weighted by atomic mass is 14.9. The summed E-state index contributed by atoms with van der Waals surface area (Å²) in [4.78, 5) is 0. The molecule has 0 fully saturated rings. The van der Waals surface area contributed by atoms with Crippen molar-refractivity contribution in [2.45, 2.75) is 124 Å². The molecule has 0 bridgehead atoms. The molecule has 4 heteroatoms. The van der Waals surface area contributed by atoms with Gasteiger partial charge in [0.25, 0.3) is 0 Å². The Kier molecular flexibility index (Phi) is 19.6. The largest absolute Gasteiger partial charge is 0.212 e. The van der Waals surface area contributed by atoms with E-state index in [1.807, 2.05) is 142 Å². The van der Waals surface area contributed by atoms with Gasteiger partial charge in [0.1, 0.15) is 28.2 Å². The zero-order chi connectivity index (χ0) is 73.6. The van der Waals surface area contributed by atoms with Gasteiger partial charge in [0.2, 0.25) is 22.8 Å². The number of benzene rings is 8. The molecule has 12 aromatic rings. The minimum absolute atomic E-state index is 0.275. The van der Waals surface area contributed by atoms with E-state index in [0.29, 0.717) is 11.1 Å². The van der Waals surface area contributed by atoms with Crippen molar-refractivity contribution in [3.05, 3.63) is 308 Å². The number of aryl methyl sites for hydroxylation is 18. The Morgan fingerprint density at radius 1 is 0.274 bits per heavy atom. The lowest BCUT2D eigenvalue weighted by atomic mass is 9.86. The Morgan fingerprint density at radius 3 is 1.06 bits per heavy atom. The summed E-state index contributed by atoms with van der Waals surface area (Å²) in [5, 5.41) is 0. The standard InChI is InChI=1S/C27H34N.C23H26N.C21H22N.C20H20N/c1-18-9-11-22(12-10-18)24-15-25(20(3)13-19(24)2)26-14-23(16-27(5,6)7)21(4)17-28(26)8;1-15-7-9-20(10-8-15)21-13-22(18(4)11-17(21)3)23-12-16(2)19(5)14-24(23)6;1-15-10-11-22(4)21(12-15)20-14-19(16(2)13-17(20)3)18-8-6-5-7-9-18;1-15-13-16(2)19(20-11-7-8-12-21(20)3)14-18(15)17-9-5-4-6-10-17/h9-15,17H,16H2,1-8H3;7-14H,1-6H3;5-14H,1-4H3;4-14H,1-3H3/q4*+1/i;;2D3;1D3. The van der Waals surface area contributed by atoms with Crippen LogP contribution in [0.15, 0.2) is 225 Å². The first kappa shape index (κ1) is 61.5. The summed E-state index contributed by atoms with van der Waals surface area (Å²) in [5.41, 5.74) is 35.5. The maximum Gasteiger partial charge on any atom is 0.212 e. The molecule has 0 aliphatic carbocycles. The Labute approximate surface area is 579 Å². The molecule has 8 aromatic carbocycles. The molecule has 0 saturated carbocycles. The van der Waals surface area contributed by atoms with Crippen molar-refractivity contribution in [3.8, 4) is 89.5 Å². The summed E-state index contributed by atoms with van der Waals surface area (Å²) in [5.74, 6) is 0. The first-order valence-electron chi connectivity index (χ1n) is 36.2. The first-order chi connectivity index (χ1) is 47.6. The van der Waals surface area contributed by atoms with Crippen LogP contribution < -0.4 is 18.3 Å². The quantitative estimate of drug-likeness (QED) is 0.128. The molecular formula is C91H102N4+4. The number of hydrogen-bond donors (Lipinski definition) is 0. The predicted molar refractivity (Wildman–Crippen MR) is 403 cm³/mol. The van der Waals surface area contributed by atoms with E-state index < -0.39 is 13.7 Å². The average molecular weight is 1260 g/mol. The molecule has 0 amide bonds. The van der Waals surface area contributed by atoms with Crippen LogP contribution in [0.1, 0.15) is 112 Å². The molecule has 482 valence electrons. The van der Waals surface area contributed by atoms with Crippen LogP contribution >= 0.6 is 0 Å². The van der Waals surface area contributed by atoms with Gasteiger partial charge in [-0.25, -0.2) is 18.3 Å². The van der Waals surface area contributed by atoms with Crippen LogP contribution in [0.2, 0.25) is 0 Å². The van der Waals surface area contributed by atoms with Crippen LogP contribution in [0, 0.1) is 102 Å². The van der Waals surface area contributed by atoms with Crippen LogP contribution in [0.25, 0.3) is 89.5 Å². The van der Waals surface area contributed by atoms with Gasteiger partial charge >= 0.3 is 0 Å². The SMILES string of the molecule is Cc1ccc(-c2cc(-c3cc(C)c(C)c[n+]3C)c(C)cc2C)cc1.Cc1ccc(-c2cc(-c3cc(CC(C)(C)C)c(C)c[n+]3C)c(C)cc2C)cc1.[2H]C([2H])([2H])c1cc(C)c(-c2cc(C)cc[n+]2C)cc1-c1ccccc1.[2H]C([2H])([2H])c1cc(C)c(-c2cccc[n+]2C)cc1-c1ccccc1. The van der Waals surface area contributed by atoms with Gasteiger partial charge < -0.3 is 0 Å². The lowest BCUT2D eigenvalue weighted by Crippen LogP contribution is -2.32. The van der Waals surface area contributed by atoms with Crippen molar-refractivity contribution in [1.29, 1.82) is 0 Å². The maximum absolute atomic E-state index is 7.94. The van der Waals surface area contributed by atoms with Gasteiger partial charge in [-0.05, 0) is 245 Å².